The molecule has 2 rings (SSSR count). The lowest BCUT2D eigenvalue weighted by atomic mass is 10.1. The molecule has 2 aromatic rings. The summed E-state index contributed by atoms with van der Waals surface area (Å²) in [6.07, 6.45) is -4.67. The predicted octanol–water partition coefficient (Wildman–Crippen LogP) is 3.78. The van der Waals surface area contributed by atoms with Gasteiger partial charge in [-0.05, 0) is 32.2 Å². The number of nitrogens with one attached hydrogen (secondary N) is 1. The van der Waals surface area contributed by atoms with Gasteiger partial charge in [-0.25, -0.2) is 0 Å². The van der Waals surface area contributed by atoms with Gasteiger partial charge in [0.1, 0.15) is 0 Å². The molecule has 0 unspecified atom stereocenters. The molecule has 4 nitrogen and oxygen atoms in total. The van der Waals surface area contributed by atoms with Crippen LogP contribution in [0, 0.1) is 6.92 Å². The van der Waals surface area contributed by atoms with Crippen LogP contribution in [0.2, 0.25) is 0 Å². The van der Waals surface area contributed by atoms with Crippen LogP contribution in [0.3, 0.4) is 0 Å². The summed E-state index contributed by atoms with van der Waals surface area (Å²) in [5.74, 6) is -0.759. The van der Waals surface area contributed by atoms with Crippen molar-refractivity contribution in [3.8, 4) is 0 Å². The zero-order valence-electron chi connectivity index (χ0n) is 12.4. The Bertz CT molecular complexity index is 660. The fourth-order valence-corrected chi connectivity index (χ4v) is 2.81. The van der Waals surface area contributed by atoms with Crippen LogP contribution in [0.5, 0.6) is 0 Å². The first-order valence-electron chi connectivity index (χ1n) is 6.68. The molecule has 8 heteroatoms. The van der Waals surface area contributed by atoms with E-state index < -0.39 is 23.3 Å². The van der Waals surface area contributed by atoms with Crippen LogP contribution in [0.15, 0.2) is 17.5 Å². The number of carbonyl (C=O) groups excluding carboxylic acids is 1. The average molecular weight is 331 g/mol. The maximum atomic E-state index is 13.1. The predicted molar refractivity (Wildman–Crippen MR) is 77.8 cm³/mol. The molecule has 0 aliphatic heterocycles. The van der Waals surface area contributed by atoms with Crippen LogP contribution >= 0.6 is 11.3 Å². The lowest BCUT2D eigenvalue weighted by Gasteiger charge is -2.09. The van der Waals surface area contributed by atoms with Crippen molar-refractivity contribution in [2.75, 3.05) is 0 Å². The Morgan fingerprint density at radius 2 is 2.14 bits per heavy atom. The van der Waals surface area contributed by atoms with Crippen molar-refractivity contribution < 1.29 is 18.0 Å². The summed E-state index contributed by atoms with van der Waals surface area (Å²) in [6, 6.07) is 3.36. The van der Waals surface area contributed by atoms with Gasteiger partial charge in [-0.2, -0.15) is 18.3 Å². The molecular formula is C14H16F3N3OS. The lowest BCUT2D eigenvalue weighted by Crippen LogP contribution is -2.25. The third-order valence-corrected chi connectivity index (χ3v) is 4.01. The number of hydrogen-bond acceptors (Lipinski definition) is 3. The number of carbonyl (C=O) groups is 1. The standard InChI is InChI=1S/C14H16F3N3OS/c1-8(2)20-9(3)11(12(19-20)14(15,16)17)13(21)18-7-10-5-4-6-22-10/h4-6,8H,7H2,1-3H3,(H,18,21). The Hall–Kier alpha value is -1.83. The fourth-order valence-electron chi connectivity index (χ4n) is 2.16. The van der Waals surface area contributed by atoms with Gasteiger partial charge < -0.3 is 5.32 Å². The minimum atomic E-state index is -4.67. The third kappa shape index (κ3) is 3.32. The molecule has 0 aliphatic carbocycles. The van der Waals surface area contributed by atoms with Crippen LogP contribution in [-0.4, -0.2) is 15.7 Å². The molecule has 0 aromatic carbocycles. The van der Waals surface area contributed by atoms with Gasteiger partial charge in [0.05, 0.1) is 12.1 Å². The first-order valence-corrected chi connectivity index (χ1v) is 7.56. The van der Waals surface area contributed by atoms with Gasteiger partial charge in [0.25, 0.3) is 5.91 Å². The highest BCUT2D eigenvalue weighted by Gasteiger charge is 2.40. The number of aromatic nitrogens is 2. The number of thiophene rings is 1. The second-order valence-corrected chi connectivity index (χ2v) is 6.14. The van der Waals surface area contributed by atoms with Gasteiger partial charge in [-0.15, -0.1) is 11.3 Å². The summed E-state index contributed by atoms with van der Waals surface area (Å²) in [6.45, 7) is 5.10. The Morgan fingerprint density at radius 1 is 1.45 bits per heavy atom. The van der Waals surface area contributed by atoms with E-state index >= 15 is 0 Å². The van der Waals surface area contributed by atoms with Crippen LogP contribution in [0.25, 0.3) is 0 Å². The third-order valence-electron chi connectivity index (χ3n) is 3.14. The average Bonchev–Trinajstić information content (AvgIpc) is 3.02. The van der Waals surface area contributed by atoms with Gasteiger partial charge in [-0.3, -0.25) is 9.48 Å². The second-order valence-electron chi connectivity index (χ2n) is 5.11. The van der Waals surface area contributed by atoms with Crippen molar-refractivity contribution in [1.82, 2.24) is 15.1 Å². The molecule has 0 saturated carbocycles. The summed E-state index contributed by atoms with van der Waals surface area (Å²) >= 11 is 1.43. The molecule has 1 N–H and O–H groups in total. The Kier molecular flexibility index (Phi) is 4.60. The monoisotopic (exact) mass is 331 g/mol. The lowest BCUT2D eigenvalue weighted by molar-refractivity contribution is -0.141. The highest BCUT2D eigenvalue weighted by molar-refractivity contribution is 7.09. The van der Waals surface area contributed by atoms with Crippen molar-refractivity contribution in [1.29, 1.82) is 0 Å². The van der Waals surface area contributed by atoms with Crippen LogP contribution in [-0.2, 0) is 12.7 Å². The number of hydrogen-bond donors (Lipinski definition) is 1. The largest absolute Gasteiger partial charge is 0.435 e. The molecule has 0 bridgehead atoms. The van der Waals surface area contributed by atoms with Crippen molar-refractivity contribution >= 4 is 17.2 Å². The smallest absolute Gasteiger partial charge is 0.347 e. The molecule has 1 amide bonds. The number of halogens is 3. The Labute approximate surface area is 129 Å². The number of nitrogens with zero attached hydrogens (tertiary/aromatic N) is 2. The van der Waals surface area contributed by atoms with Crippen molar-refractivity contribution in [3.05, 3.63) is 39.3 Å². The maximum absolute atomic E-state index is 13.1. The highest BCUT2D eigenvalue weighted by Crippen LogP contribution is 2.33. The summed E-state index contributed by atoms with van der Waals surface area (Å²) in [4.78, 5) is 13.1. The van der Waals surface area contributed by atoms with Gasteiger partial charge in [0.15, 0.2) is 5.69 Å². The van der Waals surface area contributed by atoms with E-state index in [1.165, 1.54) is 22.9 Å². The molecule has 2 heterocycles. The van der Waals surface area contributed by atoms with Gasteiger partial charge in [0, 0.05) is 16.6 Å². The molecule has 2 aromatic heterocycles. The van der Waals surface area contributed by atoms with E-state index in [0.29, 0.717) is 0 Å². The fraction of sp³-hybridized carbons (Fsp3) is 0.429. The van der Waals surface area contributed by atoms with E-state index in [1.54, 1.807) is 19.9 Å². The Morgan fingerprint density at radius 3 is 2.64 bits per heavy atom. The first kappa shape index (κ1) is 16.5. The SMILES string of the molecule is Cc1c(C(=O)NCc2cccs2)c(C(F)(F)F)nn1C(C)C. The molecule has 0 spiro atoms. The number of rotatable bonds is 4. The molecule has 120 valence electrons. The topological polar surface area (TPSA) is 46.9 Å². The number of amides is 1. The normalized spacial score (nSPS) is 12.0. The van der Waals surface area contributed by atoms with Crippen molar-refractivity contribution in [2.45, 2.75) is 39.5 Å². The van der Waals surface area contributed by atoms with Crippen molar-refractivity contribution in [2.24, 2.45) is 0 Å². The highest BCUT2D eigenvalue weighted by atomic mass is 32.1. The van der Waals surface area contributed by atoms with E-state index in [2.05, 4.69) is 10.4 Å². The van der Waals surface area contributed by atoms with Crippen molar-refractivity contribution in [3.63, 3.8) is 0 Å². The van der Waals surface area contributed by atoms with Crippen LogP contribution in [0.1, 0.15) is 46.5 Å². The molecular weight excluding hydrogens is 315 g/mol. The van der Waals surface area contributed by atoms with Gasteiger partial charge in [-0.1, -0.05) is 6.07 Å². The van der Waals surface area contributed by atoms with E-state index in [0.717, 1.165) is 4.88 Å². The molecule has 0 aliphatic rings. The Balaban J connectivity index is 2.33. The molecule has 0 saturated heterocycles. The quantitative estimate of drug-likeness (QED) is 0.927. The zero-order chi connectivity index (χ0) is 16.5. The minimum absolute atomic E-state index is 0.195. The summed E-state index contributed by atoms with van der Waals surface area (Å²) in [5.41, 5.74) is -1.33. The molecule has 0 atom stereocenters. The summed E-state index contributed by atoms with van der Waals surface area (Å²) in [5, 5.41) is 7.94. The molecule has 22 heavy (non-hydrogen) atoms. The maximum Gasteiger partial charge on any atom is 0.435 e. The van der Waals surface area contributed by atoms with E-state index in [-0.39, 0.29) is 18.3 Å². The van der Waals surface area contributed by atoms with E-state index in [4.69, 9.17) is 0 Å². The van der Waals surface area contributed by atoms with Crippen LogP contribution in [0.4, 0.5) is 13.2 Å². The van der Waals surface area contributed by atoms with E-state index in [9.17, 15) is 18.0 Å². The van der Waals surface area contributed by atoms with Gasteiger partial charge >= 0.3 is 6.18 Å². The summed E-state index contributed by atoms with van der Waals surface area (Å²) in [7, 11) is 0. The zero-order valence-corrected chi connectivity index (χ0v) is 13.2. The first-order chi connectivity index (χ1) is 10.2. The second kappa shape index (κ2) is 6.12. The molecule has 0 radical (unpaired) electrons. The summed E-state index contributed by atoms with van der Waals surface area (Å²) < 4.78 is 40.6. The van der Waals surface area contributed by atoms with Gasteiger partial charge in [0.2, 0.25) is 0 Å². The number of alkyl halides is 3. The van der Waals surface area contributed by atoms with Crippen LogP contribution < -0.4 is 5.32 Å². The molecule has 0 fully saturated rings. The van der Waals surface area contributed by atoms with E-state index in [1.807, 2.05) is 11.4 Å². The minimum Gasteiger partial charge on any atom is -0.347 e.